The number of fused-ring (bicyclic) bond motifs is 1. The first-order chi connectivity index (χ1) is 11.9. The summed E-state index contributed by atoms with van der Waals surface area (Å²) in [5.41, 5.74) is 4.07. The molecule has 4 heterocycles. The Morgan fingerprint density at radius 2 is 2.08 bits per heavy atom. The molecular formula is C17H18N6O. The third kappa shape index (κ3) is 3.17. The van der Waals surface area contributed by atoms with Crippen LogP contribution in [0.25, 0.3) is 11.3 Å². The molecule has 1 atom stereocenters. The van der Waals surface area contributed by atoms with E-state index >= 15 is 0 Å². The topological polar surface area (TPSA) is 77.8 Å². The molecule has 0 radical (unpaired) electrons. The molecular weight excluding hydrogens is 304 g/mol. The fourth-order valence-electron chi connectivity index (χ4n) is 2.80. The summed E-state index contributed by atoms with van der Waals surface area (Å²) in [6, 6.07) is 7.87. The molecule has 0 saturated heterocycles. The quantitative estimate of drug-likeness (QED) is 0.765. The van der Waals surface area contributed by atoms with E-state index in [0.29, 0.717) is 13.2 Å². The molecule has 122 valence electrons. The van der Waals surface area contributed by atoms with Crippen molar-refractivity contribution in [2.24, 2.45) is 0 Å². The van der Waals surface area contributed by atoms with Crippen LogP contribution in [0.5, 0.6) is 0 Å². The highest BCUT2D eigenvalue weighted by atomic mass is 16.5. The Morgan fingerprint density at radius 3 is 2.92 bits per heavy atom. The van der Waals surface area contributed by atoms with Gasteiger partial charge in [-0.2, -0.15) is 0 Å². The van der Waals surface area contributed by atoms with Gasteiger partial charge in [0, 0.05) is 43.4 Å². The van der Waals surface area contributed by atoms with Crippen LogP contribution in [-0.2, 0) is 24.4 Å². The second kappa shape index (κ2) is 6.86. The number of hydrogen-bond acceptors (Lipinski definition) is 6. The second-order valence-electron chi connectivity index (χ2n) is 5.73. The second-order valence-corrected chi connectivity index (χ2v) is 5.73. The zero-order valence-electron chi connectivity index (χ0n) is 13.2. The molecule has 1 N–H and O–H groups in total. The van der Waals surface area contributed by atoms with Gasteiger partial charge in [0.2, 0.25) is 0 Å². The molecule has 1 unspecified atom stereocenters. The number of ether oxygens (including phenoxy) is 1. The first-order valence-corrected chi connectivity index (χ1v) is 7.94. The Morgan fingerprint density at radius 1 is 1.17 bits per heavy atom. The third-order valence-corrected chi connectivity index (χ3v) is 4.05. The first-order valence-electron chi connectivity index (χ1n) is 7.94. The summed E-state index contributed by atoms with van der Waals surface area (Å²) < 4.78 is 7.91. The van der Waals surface area contributed by atoms with E-state index in [2.05, 4.69) is 31.7 Å². The minimum Gasteiger partial charge on any atom is -0.369 e. The van der Waals surface area contributed by atoms with E-state index in [0.717, 1.165) is 35.6 Å². The monoisotopic (exact) mass is 322 g/mol. The van der Waals surface area contributed by atoms with Crippen LogP contribution in [0.15, 0.2) is 49.1 Å². The lowest BCUT2D eigenvalue weighted by Crippen LogP contribution is -2.36. The van der Waals surface area contributed by atoms with Gasteiger partial charge >= 0.3 is 0 Å². The smallest absolute Gasteiger partial charge is 0.118 e. The maximum absolute atomic E-state index is 5.97. The molecule has 0 aromatic carbocycles. The molecule has 0 fully saturated rings. The molecule has 1 aliphatic heterocycles. The molecule has 4 rings (SSSR count). The van der Waals surface area contributed by atoms with Crippen molar-refractivity contribution >= 4 is 0 Å². The van der Waals surface area contributed by atoms with Crippen LogP contribution in [0.1, 0.15) is 11.3 Å². The molecule has 0 aliphatic carbocycles. The van der Waals surface area contributed by atoms with Gasteiger partial charge in [-0.3, -0.25) is 9.97 Å². The van der Waals surface area contributed by atoms with Crippen LogP contribution in [0.4, 0.5) is 0 Å². The summed E-state index contributed by atoms with van der Waals surface area (Å²) in [5.74, 6) is 0. The molecule has 0 bridgehead atoms. The maximum Gasteiger partial charge on any atom is 0.118 e. The van der Waals surface area contributed by atoms with Crippen LogP contribution >= 0.6 is 0 Å². The van der Waals surface area contributed by atoms with Crippen LogP contribution in [0.2, 0.25) is 0 Å². The van der Waals surface area contributed by atoms with Gasteiger partial charge in [0.25, 0.3) is 0 Å². The minimum atomic E-state index is 0.0844. The number of nitrogens with one attached hydrogen (secondary N) is 1. The van der Waals surface area contributed by atoms with Crippen molar-refractivity contribution in [1.82, 2.24) is 30.3 Å². The fourth-order valence-corrected chi connectivity index (χ4v) is 2.80. The van der Waals surface area contributed by atoms with E-state index in [1.54, 1.807) is 18.6 Å². The van der Waals surface area contributed by atoms with Crippen LogP contribution in [-0.4, -0.2) is 37.6 Å². The Bertz CT molecular complexity index is 789. The van der Waals surface area contributed by atoms with Crippen molar-refractivity contribution in [2.45, 2.75) is 25.8 Å². The van der Waals surface area contributed by atoms with E-state index in [-0.39, 0.29) is 6.10 Å². The Labute approximate surface area is 139 Å². The van der Waals surface area contributed by atoms with E-state index in [1.807, 2.05) is 29.1 Å². The molecule has 3 aromatic heterocycles. The molecule has 0 saturated carbocycles. The van der Waals surface area contributed by atoms with Gasteiger partial charge in [0.1, 0.15) is 5.69 Å². The zero-order chi connectivity index (χ0) is 16.2. The van der Waals surface area contributed by atoms with Crippen molar-refractivity contribution in [3.05, 3.63) is 60.3 Å². The van der Waals surface area contributed by atoms with E-state index in [4.69, 9.17) is 4.74 Å². The summed E-state index contributed by atoms with van der Waals surface area (Å²) >= 11 is 0. The van der Waals surface area contributed by atoms with Crippen LogP contribution in [0, 0.1) is 0 Å². The average Bonchev–Trinajstić information content (AvgIpc) is 3.07. The molecule has 0 amide bonds. The van der Waals surface area contributed by atoms with Gasteiger partial charge in [0.05, 0.1) is 24.9 Å². The van der Waals surface area contributed by atoms with Crippen molar-refractivity contribution < 1.29 is 4.74 Å². The van der Waals surface area contributed by atoms with E-state index in [9.17, 15) is 0 Å². The summed E-state index contributed by atoms with van der Waals surface area (Å²) in [6.07, 6.45) is 7.25. The molecule has 1 aliphatic rings. The van der Waals surface area contributed by atoms with Crippen molar-refractivity contribution in [3.63, 3.8) is 0 Å². The van der Waals surface area contributed by atoms with Gasteiger partial charge in [-0.1, -0.05) is 11.3 Å². The van der Waals surface area contributed by atoms with Gasteiger partial charge < -0.3 is 10.1 Å². The largest absolute Gasteiger partial charge is 0.369 e. The highest BCUT2D eigenvalue weighted by Crippen LogP contribution is 2.24. The Balaban J connectivity index is 1.37. The summed E-state index contributed by atoms with van der Waals surface area (Å²) in [6.45, 7) is 2.76. The molecule has 7 heteroatoms. The first kappa shape index (κ1) is 14.9. The molecule has 3 aromatic rings. The molecule has 7 nitrogen and oxygen atoms in total. The van der Waals surface area contributed by atoms with Crippen molar-refractivity contribution in [1.29, 1.82) is 0 Å². The summed E-state index contributed by atoms with van der Waals surface area (Å²) in [5, 5.41) is 12.0. The number of aromatic nitrogens is 5. The van der Waals surface area contributed by atoms with Crippen LogP contribution in [0.3, 0.4) is 0 Å². The highest BCUT2D eigenvalue weighted by Gasteiger charge is 2.24. The third-order valence-electron chi connectivity index (χ3n) is 4.05. The number of pyridine rings is 2. The van der Waals surface area contributed by atoms with Crippen molar-refractivity contribution in [2.75, 3.05) is 6.54 Å². The SMILES string of the molecule is c1cncc(CNCC2Cn3nnc(-c4ccncc4)c3CO2)c1. The summed E-state index contributed by atoms with van der Waals surface area (Å²) in [7, 11) is 0. The lowest BCUT2D eigenvalue weighted by Gasteiger charge is -2.24. The standard InChI is InChI=1S/C17H18N6O/c1-2-13(8-19-5-1)9-20-10-15-11-23-16(12-24-15)17(21-22-23)14-3-6-18-7-4-14/h1-8,15,20H,9-12H2. The maximum atomic E-state index is 5.97. The number of rotatable bonds is 5. The average molecular weight is 322 g/mol. The summed E-state index contributed by atoms with van der Waals surface area (Å²) in [4.78, 5) is 8.15. The Hall–Kier alpha value is -2.64. The van der Waals surface area contributed by atoms with E-state index in [1.165, 1.54) is 0 Å². The molecule has 24 heavy (non-hydrogen) atoms. The predicted molar refractivity (Wildman–Crippen MR) is 87.8 cm³/mol. The normalized spacial score (nSPS) is 16.8. The lowest BCUT2D eigenvalue weighted by molar-refractivity contribution is 0.00125. The highest BCUT2D eigenvalue weighted by molar-refractivity contribution is 5.60. The van der Waals surface area contributed by atoms with E-state index < -0.39 is 0 Å². The lowest BCUT2D eigenvalue weighted by atomic mass is 10.1. The number of hydrogen-bond donors (Lipinski definition) is 1. The fraction of sp³-hybridized carbons (Fsp3) is 0.294. The van der Waals surface area contributed by atoms with Gasteiger partial charge in [0.15, 0.2) is 0 Å². The van der Waals surface area contributed by atoms with Gasteiger partial charge in [-0.05, 0) is 23.8 Å². The minimum absolute atomic E-state index is 0.0844. The number of nitrogens with zero attached hydrogens (tertiary/aromatic N) is 5. The Kier molecular flexibility index (Phi) is 4.26. The van der Waals surface area contributed by atoms with Crippen molar-refractivity contribution in [3.8, 4) is 11.3 Å². The molecule has 0 spiro atoms. The van der Waals surface area contributed by atoms with Crippen LogP contribution < -0.4 is 5.32 Å². The van der Waals surface area contributed by atoms with Gasteiger partial charge in [-0.15, -0.1) is 5.10 Å². The zero-order valence-corrected chi connectivity index (χ0v) is 13.2. The van der Waals surface area contributed by atoms with Gasteiger partial charge in [-0.25, -0.2) is 4.68 Å². The predicted octanol–water partition coefficient (Wildman–Crippen LogP) is 1.42.